The zero-order valence-electron chi connectivity index (χ0n) is 13.4. The highest BCUT2D eigenvalue weighted by Gasteiger charge is 2.38. The number of amides is 1. The summed E-state index contributed by atoms with van der Waals surface area (Å²) >= 11 is 0. The summed E-state index contributed by atoms with van der Waals surface area (Å²) in [4.78, 5) is 15.9. The monoisotopic (exact) mass is 347 g/mol. The molecular weight excluding hydrogens is 331 g/mol. The number of halogens is 3. The zero-order chi connectivity index (χ0) is 18.0. The second-order valence-electron chi connectivity index (χ2n) is 5.71. The molecule has 0 aliphatic rings. The van der Waals surface area contributed by atoms with Crippen LogP contribution in [0.4, 0.5) is 13.2 Å². The molecule has 0 radical (unpaired) electrons. The van der Waals surface area contributed by atoms with E-state index in [1.54, 1.807) is 19.1 Å². The molecule has 25 heavy (non-hydrogen) atoms. The summed E-state index contributed by atoms with van der Waals surface area (Å²) in [7, 11) is 0. The van der Waals surface area contributed by atoms with E-state index in [2.05, 4.69) is 10.3 Å². The number of fused-ring (bicyclic) bond motifs is 1. The van der Waals surface area contributed by atoms with Gasteiger partial charge in [0.15, 0.2) is 0 Å². The van der Waals surface area contributed by atoms with Gasteiger partial charge in [-0.3, -0.25) is 4.79 Å². The van der Waals surface area contributed by atoms with Crippen LogP contribution < -0.4 is 5.32 Å². The van der Waals surface area contributed by atoms with Crippen molar-refractivity contribution in [2.45, 2.75) is 25.7 Å². The largest absolute Gasteiger partial charge is 0.449 e. The third-order valence-electron chi connectivity index (χ3n) is 3.89. The molecule has 4 nitrogen and oxygen atoms in total. The minimum atomic E-state index is -4.63. The van der Waals surface area contributed by atoms with Gasteiger partial charge in [-0.05, 0) is 24.6 Å². The molecule has 0 unspecified atom stereocenters. The van der Waals surface area contributed by atoms with Gasteiger partial charge < -0.3 is 9.88 Å². The summed E-state index contributed by atoms with van der Waals surface area (Å²) in [6, 6.07) is 15.1. The van der Waals surface area contributed by atoms with Gasteiger partial charge in [-0.25, -0.2) is 4.98 Å². The molecule has 3 rings (SSSR count). The Morgan fingerprint density at radius 3 is 2.44 bits per heavy atom. The highest BCUT2D eigenvalue weighted by atomic mass is 19.4. The molecule has 1 aromatic heterocycles. The number of nitrogens with one attached hydrogen (secondary N) is 1. The lowest BCUT2D eigenvalue weighted by atomic mass is 10.1. The average Bonchev–Trinajstić information content (AvgIpc) is 2.94. The van der Waals surface area contributed by atoms with E-state index in [4.69, 9.17) is 0 Å². The summed E-state index contributed by atoms with van der Waals surface area (Å²) in [6.45, 7) is 1.33. The van der Waals surface area contributed by atoms with Gasteiger partial charge >= 0.3 is 6.18 Å². The normalized spacial score (nSPS) is 13.0. The highest BCUT2D eigenvalue weighted by Crippen LogP contribution is 2.31. The first-order chi connectivity index (χ1) is 11.9. The Labute approximate surface area is 142 Å². The fraction of sp³-hybridized carbons (Fsp3) is 0.222. The number of imidazole rings is 1. The van der Waals surface area contributed by atoms with Crippen LogP contribution in [0.25, 0.3) is 11.0 Å². The number of benzene rings is 2. The van der Waals surface area contributed by atoms with Crippen molar-refractivity contribution in [3.63, 3.8) is 0 Å². The molecule has 1 heterocycles. The first-order valence-corrected chi connectivity index (χ1v) is 7.73. The first kappa shape index (κ1) is 17.0. The third-order valence-corrected chi connectivity index (χ3v) is 3.89. The van der Waals surface area contributed by atoms with Crippen molar-refractivity contribution in [3.8, 4) is 0 Å². The number of alkyl halides is 3. The second-order valence-corrected chi connectivity index (χ2v) is 5.71. The molecule has 0 fully saturated rings. The molecule has 1 atom stereocenters. The van der Waals surface area contributed by atoms with Crippen LogP contribution in [0.1, 0.15) is 24.4 Å². The van der Waals surface area contributed by atoms with Crippen LogP contribution in [0.5, 0.6) is 0 Å². The van der Waals surface area contributed by atoms with Gasteiger partial charge in [-0.2, -0.15) is 13.2 Å². The molecule has 0 saturated carbocycles. The van der Waals surface area contributed by atoms with Crippen molar-refractivity contribution in [2.24, 2.45) is 0 Å². The molecule has 0 aliphatic heterocycles. The van der Waals surface area contributed by atoms with Gasteiger partial charge in [0.2, 0.25) is 11.7 Å². The third kappa shape index (κ3) is 3.65. The minimum Gasteiger partial charge on any atom is -0.348 e. The predicted molar refractivity (Wildman–Crippen MR) is 87.7 cm³/mol. The first-order valence-electron chi connectivity index (χ1n) is 7.73. The molecule has 3 aromatic rings. The summed E-state index contributed by atoms with van der Waals surface area (Å²) in [5.74, 6) is -1.58. The van der Waals surface area contributed by atoms with E-state index in [0.29, 0.717) is 0 Å². The van der Waals surface area contributed by atoms with Crippen LogP contribution in [0.2, 0.25) is 0 Å². The molecule has 0 aliphatic carbocycles. The van der Waals surface area contributed by atoms with E-state index in [0.717, 1.165) is 10.1 Å². The van der Waals surface area contributed by atoms with Crippen LogP contribution >= 0.6 is 0 Å². The van der Waals surface area contributed by atoms with E-state index >= 15 is 0 Å². The number of hydrogen-bond donors (Lipinski definition) is 1. The molecule has 7 heteroatoms. The summed E-state index contributed by atoms with van der Waals surface area (Å²) in [6.07, 6.45) is -4.63. The Kier molecular flexibility index (Phi) is 4.48. The van der Waals surface area contributed by atoms with Gasteiger partial charge in [0.05, 0.1) is 17.1 Å². The maximum atomic E-state index is 13.2. The quantitative estimate of drug-likeness (QED) is 0.777. The molecule has 0 saturated heterocycles. The Morgan fingerprint density at radius 1 is 1.12 bits per heavy atom. The maximum Gasteiger partial charge on any atom is 0.449 e. The number of para-hydroxylation sites is 2. The molecule has 1 N–H and O–H groups in total. The Balaban J connectivity index is 1.86. The molecule has 0 spiro atoms. The van der Waals surface area contributed by atoms with Crippen LogP contribution in [0.15, 0.2) is 54.6 Å². The lowest BCUT2D eigenvalue weighted by Gasteiger charge is -2.16. The molecule has 0 bridgehead atoms. The minimum absolute atomic E-state index is 0.207. The van der Waals surface area contributed by atoms with Crippen molar-refractivity contribution < 1.29 is 18.0 Å². The van der Waals surface area contributed by atoms with Gasteiger partial charge in [0, 0.05) is 0 Å². The molecule has 1 amide bonds. The second kappa shape index (κ2) is 6.58. The van der Waals surface area contributed by atoms with E-state index in [-0.39, 0.29) is 17.1 Å². The van der Waals surface area contributed by atoms with E-state index < -0.39 is 24.5 Å². The number of nitrogens with zero attached hydrogens (tertiary/aromatic N) is 2. The lowest BCUT2D eigenvalue weighted by molar-refractivity contribution is -0.147. The Morgan fingerprint density at radius 2 is 1.76 bits per heavy atom. The van der Waals surface area contributed by atoms with Gasteiger partial charge in [-0.1, -0.05) is 42.5 Å². The number of hydrogen-bond acceptors (Lipinski definition) is 2. The Bertz CT molecular complexity index is 887. The van der Waals surface area contributed by atoms with Crippen molar-refractivity contribution in [2.75, 3.05) is 0 Å². The van der Waals surface area contributed by atoms with Crippen LogP contribution in [0, 0.1) is 0 Å². The smallest absolute Gasteiger partial charge is 0.348 e. The van der Waals surface area contributed by atoms with E-state index in [1.807, 2.05) is 30.3 Å². The Hall–Kier alpha value is -2.83. The van der Waals surface area contributed by atoms with Gasteiger partial charge in [0.25, 0.3) is 0 Å². The number of carbonyl (C=O) groups excluding carboxylic acids is 1. The fourth-order valence-corrected chi connectivity index (χ4v) is 2.71. The van der Waals surface area contributed by atoms with Crippen LogP contribution in [-0.4, -0.2) is 15.5 Å². The number of aromatic nitrogens is 2. The zero-order valence-corrected chi connectivity index (χ0v) is 13.4. The number of carbonyl (C=O) groups is 1. The summed E-state index contributed by atoms with van der Waals surface area (Å²) in [5.41, 5.74) is 1.36. The topological polar surface area (TPSA) is 46.9 Å². The van der Waals surface area contributed by atoms with Crippen LogP contribution in [-0.2, 0) is 17.5 Å². The molecule has 2 aromatic carbocycles. The van der Waals surface area contributed by atoms with E-state index in [9.17, 15) is 18.0 Å². The van der Waals surface area contributed by atoms with Crippen molar-refractivity contribution >= 4 is 16.9 Å². The lowest BCUT2D eigenvalue weighted by Crippen LogP contribution is -2.31. The summed E-state index contributed by atoms with van der Waals surface area (Å²) < 4.78 is 40.7. The predicted octanol–water partition coefficient (Wildman–Crippen LogP) is 3.93. The molecular formula is C18H16F3N3O. The fourth-order valence-electron chi connectivity index (χ4n) is 2.71. The molecule has 130 valence electrons. The summed E-state index contributed by atoms with van der Waals surface area (Å²) in [5, 5.41) is 2.72. The van der Waals surface area contributed by atoms with Crippen molar-refractivity contribution in [3.05, 3.63) is 66.0 Å². The average molecular weight is 347 g/mol. The van der Waals surface area contributed by atoms with Crippen molar-refractivity contribution in [1.82, 2.24) is 14.9 Å². The maximum absolute atomic E-state index is 13.2. The van der Waals surface area contributed by atoms with Crippen LogP contribution in [0.3, 0.4) is 0 Å². The van der Waals surface area contributed by atoms with E-state index in [1.165, 1.54) is 12.1 Å². The van der Waals surface area contributed by atoms with Gasteiger partial charge in [-0.15, -0.1) is 0 Å². The van der Waals surface area contributed by atoms with Gasteiger partial charge in [0.1, 0.15) is 6.54 Å². The highest BCUT2D eigenvalue weighted by molar-refractivity contribution is 5.81. The van der Waals surface area contributed by atoms with Crippen molar-refractivity contribution in [1.29, 1.82) is 0 Å². The number of rotatable bonds is 4. The SMILES string of the molecule is C[C@H](NC(=O)Cn1c(C(F)(F)F)nc2ccccc21)c1ccccc1. The standard InChI is InChI=1S/C18H16F3N3O/c1-12(13-7-3-2-4-8-13)22-16(25)11-24-15-10-6-5-9-14(15)23-17(24)18(19,20)21/h2-10,12H,11H2,1H3,(H,22,25)/t12-/m0/s1.